The molecule has 0 aromatic carbocycles. The fourth-order valence-corrected chi connectivity index (χ4v) is 7.72. The van der Waals surface area contributed by atoms with Gasteiger partial charge in [-0.25, -0.2) is 4.57 Å². The van der Waals surface area contributed by atoms with Gasteiger partial charge in [-0.05, 0) is 38.5 Å². The predicted molar refractivity (Wildman–Crippen MR) is 240 cm³/mol. The molecule has 0 aliphatic heterocycles. The summed E-state index contributed by atoms with van der Waals surface area (Å²) in [6.07, 6.45) is 44.1. The quantitative estimate of drug-likeness (QED) is 0.0230. The van der Waals surface area contributed by atoms with E-state index in [2.05, 4.69) is 30.5 Å². The number of aliphatic carboxylic acids is 1. The van der Waals surface area contributed by atoms with E-state index in [1.807, 2.05) is 0 Å². The molecule has 0 bridgehead atoms. The van der Waals surface area contributed by atoms with Gasteiger partial charge in [0.1, 0.15) is 12.6 Å². The average molecular weight is 860 g/mol. The SMILES string of the molecule is CCCCCCCCCC/C=C\CCCCCCCCCC(=O)OC[C@H](COP(=O)(O)OC[C@H](N)C(=O)O)OC(=O)CCCCCCCCCCCCCCCCCC. The van der Waals surface area contributed by atoms with Crippen molar-refractivity contribution < 1.29 is 47.5 Å². The molecule has 0 spiro atoms. The van der Waals surface area contributed by atoms with Gasteiger partial charge in [0, 0.05) is 12.8 Å². The first-order valence-corrected chi connectivity index (χ1v) is 25.7. The van der Waals surface area contributed by atoms with Crippen LogP contribution in [0.15, 0.2) is 12.2 Å². The number of allylic oxidation sites excluding steroid dienone is 2. The van der Waals surface area contributed by atoms with Crippen molar-refractivity contribution in [2.75, 3.05) is 19.8 Å². The maximum absolute atomic E-state index is 12.7. The van der Waals surface area contributed by atoms with Gasteiger partial charge in [0.05, 0.1) is 13.2 Å². The summed E-state index contributed by atoms with van der Waals surface area (Å²) < 4.78 is 32.8. The maximum atomic E-state index is 12.7. The van der Waals surface area contributed by atoms with Crippen molar-refractivity contribution in [1.82, 2.24) is 0 Å². The zero-order chi connectivity index (χ0) is 43.5. The number of unbranched alkanes of at least 4 members (excludes halogenated alkanes) is 30. The second-order valence-corrected chi connectivity index (χ2v) is 18.1. The molecule has 12 heteroatoms. The molecule has 0 aromatic heterocycles. The first-order valence-electron chi connectivity index (χ1n) is 24.2. The minimum absolute atomic E-state index is 0.166. The number of hydrogen-bond donors (Lipinski definition) is 3. The third-order valence-electron chi connectivity index (χ3n) is 10.8. The number of phosphoric acid groups is 1. The van der Waals surface area contributed by atoms with E-state index in [9.17, 15) is 23.8 Å². The largest absolute Gasteiger partial charge is 0.480 e. The van der Waals surface area contributed by atoms with Crippen LogP contribution in [0, 0.1) is 0 Å². The van der Waals surface area contributed by atoms with E-state index in [0.717, 1.165) is 44.9 Å². The van der Waals surface area contributed by atoms with Gasteiger partial charge in [-0.1, -0.05) is 199 Å². The van der Waals surface area contributed by atoms with Gasteiger partial charge < -0.3 is 25.2 Å². The fraction of sp³-hybridized carbons (Fsp3) is 0.894. The van der Waals surface area contributed by atoms with E-state index in [1.54, 1.807) is 0 Å². The molecule has 4 N–H and O–H groups in total. The molecule has 0 amide bonds. The second kappa shape index (κ2) is 42.9. The smallest absolute Gasteiger partial charge is 0.472 e. The van der Waals surface area contributed by atoms with E-state index >= 15 is 0 Å². The molecule has 0 aliphatic rings. The highest BCUT2D eigenvalue weighted by Crippen LogP contribution is 2.43. The molecule has 0 heterocycles. The lowest BCUT2D eigenvalue weighted by Gasteiger charge is -2.20. The number of esters is 2. The van der Waals surface area contributed by atoms with Crippen molar-refractivity contribution >= 4 is 25.7 Å². The Bertz CT molecular complexity index is 1060. The minimum Gasteiger partial charge on any atom is -0.480 e. The lowest BCUT2D eigenvalue weighted by Crippen LogP contribution is -2.34. The average Bonchev–Trinajstić information content (AvgIpc) is 3.21. The standard InChI is InChI=1S/C47H90NO10P/c1-3-5-7-9-11-13-15-17-19-21-22-23-25-26-28-30-32-34-36-38-45(49)55-40-43(41-56-59(53,54)57-42-44(48)47(51)52)58-46(50)39-37-35-33-31-29-27-24-20-18-16-14-12-10-8-6-4-2/h21-22,43-44H,3-20,23-42,48H2,1-2H3,(H,51,52)(H,53,54)/b22-21-/t43-,44+/m1/s1. The molecule has 0 saturated heterocycles. The molecule has 0 aromatic rings. The van der Waals surface area contributed by atoms with Crippen LogP contribution in [-0.2, 0) is 37.5 Å². The monoisotopic (exact) mass is 860 g/mol. The van der Waals surface area contributed by atoms with E-state index in [-0.39, 0.29) is 19.4 Å². The van der Waals surface area contributed by atoms with Crippen LogP contribution >= 0.6 is 7.82 Å². The first kappa shape index (κ1) is 57.2. The molecule has 0 rings (SSSR count). The predicted octanol–water partition coefficient (Wildman–Crippen LogP) is 13.2. The Morgan fingerprint density at radius 2 is 0.847 bits per heavy atom. The van der Waals surface area contributed by atoms with Gasteiger partial charge in [-0.2, -0.15) is 0 Å². The van der Waals surface area contributed by atoms with Crippen LogP contribution in [0.1, 0.15) is 239 Å². The number of carboxylic acids is 1. The number of carboxylic acid groups (broad SMARTS) is 1. The summed E-state index contributed by atoms with van der Waals surface area (Å²) >= 11 is 0. The number of hydrogen-bond acceptors (Lipinski definition) is 9. The zero-order valence-corrected chi connectivity index (χ0v) is 38.8. The zero-order valence-electron chi connectivity index (χ0n) is 37.9. The number of carbonyl (C=O) groups excluding carboxylic acids is 2. The Balaban J connectivity index is 4.26. The van der Waals surface area contributed by atoms with Crippen molar-refractivity contribution in [3.63, 3.8) is 0 Å². The molecule has 348 valence electrons. The summed E-state index contributed by atoms with van der Waals surface area (Å²) in [6.45, 7) is 2.84. The van der Waals surface area contributed by atoms with E-state index in [4.69, 9.17) is 24.8 Å². The number of rotatable bonds is 46. The van der Waals surface area contributed by atoms with Crippen molar-refractivity contribution in [1.29, 1.82) is 0 Å². The molecule has 59 heavy (non-hydrogen) atoms. The van der Waals surface area contributed by atoms with Crippen molar-refractivity contribution in [2.24, 2.45) is 5.73 Å². The summed E-state index contributed by atoms with van der Waals surface area (Å²) in [6, 6.07) is -1.52. The lowest BCUT2D eigenvalue weighted by molar-refractivity contribution is -0.161. The van der Waals surface area contributed by atoms with Gasteiger partial charge in [-0.3, -0.25) is 23.4 Å². The fourth-order valence-electron chi connectivity index (χ4n) is 6.94. The third kappa shape index (κ3) is 42.7. The summed E-state index contributed by atoms with van der Waals surface area (Å²) in [7, 11) is -4.71. The van der Waals surface area contributed by atoms with E-state index < -0.39 is 51.1 Å². The lowest BCUT2D eigenvalue weighted by atomic mass is 10.0. The molecule has 11 nitrogen and oxygen atoms in total. The topological polar surface area (TPSA) is 172 Å². The van der Waals surface area contributed by atoms with Crippen LogP contribution in [0.4, 0.5) is 0 Å². The Morgan fingerprint density at radius 3 is 1.24 bits per heavy atom. The molecule has 1 unspecified atom stereocenters. The highest BCUT2D eigenvalue weighted by atomic mass is 31.2. The van der Waals surface area contributed by atoms with Gasteiger partial charge in [0.25, 0.3) is 0 Å². The highest BCUT2D eigenvalue weighted by Gasteiger charge is 2.28. The minimum atomic E-state index is -4.71. The number of phosphoric ester groups is 1. The summed E-state index contributed by atoms with van der Waals surface area (Å²) in [5, 5.41) is 8.90. The molecular weight excluding hydrogens is 769 g/mol. The van der Waals surface area contributed by atoms with Crippen molar-refractivity contribution in [3.8, 4) is 0 Å². The van der Waals surface area contributed by atoms with Gasteiger partial charge in [0.2, 0.25) is 0 Å². The summed E-state index contributed by atoms with van der Waals surface area (Å²) in [5.74, 6) is -2.37. The van der Waals surface area contributed by atoms with E-state index in [0.29, 0.717) is 12.8 Å². The van der Waals surface area contributed by atoms with Crippen LogP contribution in [0.2, 0.25) is 0 Å². The van der Waals surface area contributed by atoms with Gasteiger partial charge in [-0.15, -0.1) is 0 Å². The number of carbonyl (C=O) groups is 3. The summed E-state index contributed by atoms with van der Waals surface area (Å²) in [5.41, 5.74) is 5.34. The maximum Gasteiger partial charge on any atom is 0.472 e. The van der Waals surface area contributed by atoms with E-state index in [1.165, 1.54) is 154 Å². The highest BCUT2D eigenvalue weighted by molar-refractivity contribution is 7.47. The van der Waals surface area contributed by atoms with Crippen molar-refractivity contribution in [2.45, 2.75) is 251 Å². The third-order valence-corrected chi connectivity index (χ3v) is 11.7. The van der Waals surface area contributed by atoms with Crippen LogP contribution < -0.4 is 5.73 Å². The van der Waals surface area contributed by atoms with Crippen molar-refractivity contribution in [3.05, 3.63) is 12.2 Å². The molecule has 0 saturated carbocycles. The number of ether oxygens (including phenoxy) is 2. The molecule has 0 fully saturated rings. The second-order valence-electron chi connectivity index (χ2n) is 16.6. The Labute approximate surface area is 360 Å². The molecule has 3 atom stereocenters. The molecule has 0 aliphatic carbocycles. The Kier molecular flexibility index (Phi) is 41.6. The van der Waals surface area contributed by atoms with Crippen LogP contribution in [0.25, 0.3) is 0 Å². The van der Waals surface area contributed by atoms with Gasteiger partial charge >= 0.3 is 25.7 Å². The Hall–Kier alpha value is -1.78. The summed E-state index contributed by atoms with van der Waals surface area (Å²) in [4.78, 5) is 46.1. The van der Waals surface area contributed by atoms with Crippen LogP contribution in [-0.4, -0.2) is 59.9 Å². The Morgan fingerprint density at radius 1 is 0.508 bits per heavy atom. The van der Waals surface area contributed by atoms with Gasteiger partial charge in [0.15, 0.2) is 6.10 Å². The first-order chi connectivity index (χ1) is 28.6. The normalized spacial score (nSPS) is 13.7. The molecule has 0 radical (unpaired) electrons. The number of nitrogens with two attached hydrogens (primary N) is 1. The van der Waals surface area contributed by atoms with Crippen LogP contribution in [0.5, 0.6) is 0 Å². The molecular formula is C47H90NO10P. The van der Waals surface area contributed by atoms with Crippen LogP contribution in [0.3, 0.4) is 0 Å².